The smallest absolute Gasteiger partial charge is 0.338 e. The van der Waals surface area contributed by atoms with Crippen molar-refractivity contribution in [3.63, 3.8) is 0 Å². The first kappa shape index (κ1) is 25.4. The van der Waals surface area contributed by atoms with Crippen LogP contribution >= 0.6 is 0 Å². The summed E-state index contributed by atoms with van der Waals surface area (Å²) in [4.78, 5) is 25.2. The molecular weight excluding hydrogens is 450 g/mol. The van der Waals surface area contributed by atoms with Crippen molar-refractivity contribution in [2.75, 3.05) is 25.1 Å². The lowest BCUT2D eigenvalue weighted by atomic mass is 10.2. The Hall–Kier alpha value is -4.19. The summed E-state index contributed by atoms with van der Waals surface area (Å²) < 4.78 is 23.6. The van der Waals surface area contributed by atoms with Crippen LogP contribution < -0.4 is 14.8 Å². The summed E-state index contributed by atoms with van der Waals surface area (Å²) in [6, 6.07) is 10.4. The number of carbonyl (C=O) groups is 2. The predicted octanol–water partition coefficient (Wildman–Crippen LogP) is 4.60. The van der Waals surface area contributed by atoms with Gasteiger partial charge in [0.05, 0.1) is 37.1 Å². The molecule has 1 amide bonds. The average Bonchev–Trinajstić information content (AvgIpc) is 3.44. The highest BCUT2D eigenvalue weighted by molar-refractivity contribution is 5.96. The minimum Gasteiger partial charge on any atom is -0.490 e. The van der Waals surface area contributed by atoms with Gasteiger partial charge in [-0.05, 0) is 63.1 Å². The number of aromatic nitrogens is 1. The summed E-state index contributed by atoms with van der Waals surface area (Å²) in [6.45, 7) is 8.24. The van der Waals surface area contributed by atoms with Crippen molar-refractivity contribution in [1.82, 2.24) is 4.57 Å². The van der Waals surface area contributed by atoms with E-state index in [9.17, 15) is 14.9 Å². The van der Waals surface area contributed by atoms with Crippen molar-refractivity contribution < 1.29 is 28.2 Å². The van der Waals surface area contributed by atoms with Crippen molar-refractivity contribution in [2.24, 2.45) is 0 Å². The Labute approximate surface area is 204 Å². The normalized spacial score (nSPS) is 10.5. The Morgan fingerprint density at radius 2 is 1.94 bits per heavy atom. The van der Waals surface area contributed by atoms with E-state index in [4.69, 9.17) is 18.6 Å². The SMILES string of the molecule is CCCOc1ccc(C(=O)OCC(=O)Nc2c(C#N)c(C)c(C)n2Cc2ccco2)cc1OCC. The van der Waals surface area contributed by atoms with Crippen LogP contribution in [0.15, 0.2) is 41.0 Å². The number of anilines is 1. The number of benzene rings is 1. The molecular formula is C26H29N3O6. The van der Waals surface area contributed by atoms with Gasteiger partial charge in [0.25, 0.3) is 5.91 Å². The van der Waals surface area contributed by atoms with E-state index in [1.165, 1.54) is 6.07 Å². The molecule has 1 N–H and O–H groups in total. The lowest BCUT2D eigenvalue weighted by Gasteiger charge is -2.13. The molecule has 0 saturated heterocycles. The molecule has 0 bridgehead atoms. The third-order valence-corrected chi connectivity index (χ3v) is 5.37. The molecule has 0 aliphatic rings. The molecule has 0 aliphatic heterocycles. The lowest BCUT2D eigenvalue weighted by Crippen LogP contribution is -2.23. The van der Waals surface area contributed by atoms with Crippen molar-refractivity contribution >= 4 is 17.7 Å². The van der Waals surface area contributed by atoms with E-state index in [0.29, 0.717) is 48.4 Å². The zero-order valence-electron chi connectivity index (χ0n) is 20.3. The van der Waals surface area contributed by atoms with Crippen molar-refractivity contribution in [3.05, 3.63) is 64.7 Å². The fourth-order valence-corrected chi connectivity index (χ4v) is 3.50. The topological polar surface area (TPSA) is 116 Å². The molecule has 0 atom stereocenters. The maximum Gasteiger partial charge on any atom is 0.338 e. The molecule has 2 heterocycles. The minimum atomic E-state index is -0.679. The number of amides is 1. The largest absolute Gasteiger partial charge is 0.490 e. The summed E-state index contributed by atoms with van der Waals surface area (Å²) in [7, 11) is 0. The molecule has 0 fully saturated rings. The zero-order chi connectivity index (χ0) is 25.4. The van der Waals surface area contributed by atoms with Gasteiger partial charge in [-0.25, -0.2) is 4.79 Å². The highest BCUT2D eigenvalue weighted by Crippen LogP contribution is 2.29. The molecule has 3 rings (SSSR count). The van der Waals surface area contributed by atoms with Crippen LogP contribution in [0.3, 0.4) is 0 Å². The van der Waals surface area contributed by atoms with E-state index in [1.54, 1.807) is 29.0 Å². The van der Waals surface area contributed by atoms with Gasteiger partial charge < -0.3 is 28.5 Å². The first-order chi connectivity index (χ1) is 16.9. The molecule has 1 aromatic carbocycles. The number of carbonyl (C=O) groups excluding carboxylic acids is 2. The van der Waals surface area contributed by atoms with E-state index >= 15 is 0 Å². The molecule has 3 aromatic rings. The quantitative estimate of drug-likeness (QED) is 0.400. The molecule has 184 valence electrons. The van der Waals surface area contributed by atoms with E-state index in [0.717, 1.165) is 17.7 Å². The van der Waals surface area contributed by atoms with Crippen molar-refractivity contribution in [3.8, 4) is 17.6 Å². The van der Waals surface area contributed by atoms with E-state index < -0.39 is 18.5 Å². The fraction of sp³-hybridized carbons (Fsp3) is 0.346. The number of hydrogen-bond acceptors (Lipinski definition) is 7. The third-order valence-electron chi connectivity index (χ3n) is 5.37. The Morgan fingerprint density at radius 3 is 2.60 bits per heavy atom. The van der Waals surface area contributed by atoms with E-state index in [-0.39, 0.29) is 5.56 Å². The number of furan rings is 1. The molecule has 2 aromatic heterocycles. The van der Waals surface area contributed by atoms with Gasteiger partial charge in [0.2, 0.25) is 0 Å². The molecule has 0 radical (unpaired) electrons. The van der Waals surface area contributed by atoms with Crippen molar-refractivity contribution in [1.29, 1.82) is 5.26 Å². The molecule has 9 nitrogen and oxygen atoms in total. The Bertz CT molecular complexity index is 1220. The molecule has 0 aliphatic carbocycles. The van der Waals surface area contributed by atoms with Crippen LogP contribution in [-0.2, 0) is 16.1 Å². The minimum absolute atomic E-state index is 0.232. The van der Waals surface area contributed by atoms with Gasteiger partial charge in [-0.15, -0.1) is 0 Å². The Balaban J connectivity index is 1.71. The zero-order valence-corrected chi connectivity index (χ0v) is 20.3. The second kappa shape index (κ2) is 11.8. The summed E-state index contributed by atoms with van der Waals surface area (Å²) in [5, 5.41) is 12.4. The number of ether oxygens (including phenoxy) is 3. The third kappa shape index (κ3) is 6.03. The van der Waals surface area contributed by atoms with Gasteiger partial charge in [0, 0.05) is 5.69 Å². The van der Waals surface area contributed by atoms with Gasteiger partial charge in [-0.1, -0.05) is 6.92 Å². The number of hydrogen-bond donors (Lipinski definition) is 1. The van der Waals surface area contributed by atoms with Crippen molar-refractivity contribution in [2.45, 2.75) is 40.7 Å². The highest BCUT2D eigenvalue weighted by atomic mass is 16.5. The van der Waals surface area contributed by atoms with Crippen LogP contribution in [0.2, 0.25) is 0 Å². The first-order valence-corrected chi connectivity index (χ1v) is 11.4. The Morgan fingerprint density at radius 1 is 1.14 bits per heavy atom. The van der Waals surface area contributed by atoms with E-state index in [2.05, 4.69) is 11.4 Å². The second-order valence-electron chi connectivity index (χ2n) is 7.78. The van der Waals surface area contributed by atoms with Crippen LogP contribution in [0, 0.1) is 25.2 Å². The molecule has 9 heteroatoms. The van der Waals surface area contributed by atoms with Gasteiger partial charge in [-0.3, -0.25) is 4.79 Å². The van der Waals surface area contributed by atoms with Crippen LogP contribution in [0.4, 0.5) is 5.82 Å². The van der Waals surface area contributed by atoms with Crippen LogP contribution in [0.1, 0.15) is 53.2 Å². The number of nitrogens with zero attached hydrogens (tertiary/aromatic N) is 2. The summed E-state index contributed by atoms with van der Waals surface area (Å²) in [5.41, 5.74) is 2.15. The number of esters is 1. The maximum atomic E-state index is 12.7. The molecule has 0 saturated carbocycles. The predicted molar refractivity (Wildman–Crippen MR) is 129 cm³/mol. The maximum absolute atomic E-state index is 12.7. The van der Waals surface area contributed by atoms with Gasteiger partial charge in [-0.2, -0.15) is 5.26 Å². The number of nitrogens with one attached hydrogen (secondary N) is 1. The van der Waals surface area contributed by atoms with Gasteiger partial charge in [0.1, 0.15) is 17.6 Å². The first-order valence-electron chi connectivity index (χ1n) is 11.4. The number of rotatable bonds is 11. The number of nitriles is 1. The summed E-state index contributed by atoms with van der Waals surface area (Å²) >= 11 is 0. The second-order valence-corrected chi connectivity index (χ2v) is 7.78. The standard InChI is InChI=1S/C26H29N3O6/c1-5-11-34-22-10-9-19(13-23(22)32-6-2)26(31)35-16-24(30)28-25-21(14-27)17(3)18(4)29(25)15-20-8-7-12-33-20/h7-10,12-13H,5-6,11,15-16H2,1-4H3,(H,28,30). The van der Waals surface area contributed by atoms with Crippen LogP contribution in [0.5, 0.6) is 11.5 Å². The van der Waals surface area contributed by atoms with E-state index in [1.807, 2.05) is 33.8 Å². The Kier molecular flexibility index (Phi) is 8.57. The fourth-order valence-electron chi connectivity index (χ4n) is 3.50. The molecule has 0 unspecified atom stereocenters. The molecule has 0 spiro atoms. The summed E-state index contributed by atoms with van der Waals surface area (Å²) in [6.07, 6.45) is 2.39. The van der Waals surface area contributed by atoms with Crippen LogP contribution in [-0.4, -0.2) is 36.3 Å². The molecule has 35 heavy (non-hydrogen) atoms. The van der Waals surface area contributed by atoms with Crippen LogP contribution in [0.25, 0.3) is 0 Å². The van der Waals surface area contributed by atoms with Gasteiger partial charge in [0.15, 0.2) is 18.1 Å². The lowest BCUT2D eigenvalue weighted by molar-refractivity contribution is -0.119. The average molecular weight is 480 g/mol. The monoisotopic (exact) mass is 479 g/mol. The van der Waals surface area contributed by atoms with Gasteiger partial charge >= 0.3 is 5.97 Å². The summed E-state index contributed by atoms with van der Waals surface area (Å²) in [5.74, 6) is 0.722. The highest BCUT2D eigenvalue weighted by Gasteiger charge is 2.21.